The summed E-state index contributed by atoms with van der Waals surface area (Å²) in [5, 5.41) is 25.4. The van der Waals surface area contributed by atoms with E-state index in [1.54, 1.807) is 16.7 Å². The molecular formula is C34H48N4O8. The molecule has 3 aromatic rings. The highest BCUT2D eigenvalue weighted by atomic mass is 16.5. The van der Waals surface area contributed by atoms with Crippen LogP contribution in [0.15, 0.2) is 39.9 Å². The Bertz CT molecular complexity index is 1500. The minimum atomic E-state index is -1.00. The second kappa shape index (κ2) is 18.5. The first kappa shape index (κ1) is 35.3. The molecule has 12 heteroatoms. The van der Waals surface area contributed by atoms with Gasteiger partial charge in [0.05, 0.1) is 39.6 Å². The molecule has 2 aromatic heterocycles. The van der Waals surface area contributed by atoms with Crippen molar-refractivity contribution in [2.75, 3.05) is 39.6 Å². The Morgan fingerprint density at radius 3 is 1.89 bits per heavy atom. The molecule has 252 valence electrons. The molecule has 0 spiro atoms. The van der Waals surface area contributed by atoms with Gasteiger partial charge in [-0.05, 0) is 49.2 Å². The number of H-pyrrole nitrogens is 1. The summed E-state index contributed by atoms with van der Waals surface area (Å²) in [6.07, 6.45) is 14.1. The number of carboxylic acids is 1. The van der Waals surface area contributed by atoms with Gasteiger partial charge in [-0.15, -0.1) is 0 Å². The Morgan fingerprint density at radius 1 is 0.826 bits per heavy atom. The monoisotopic (exact) mass is 640 g/mol. The normalized spacial score (nSPS) is 16.1. The van der Waals surface area contributed by atoms with Crippen molar-refractivity contribution >= 4 is 23.2 Å². The van der Waals surface area contributed by atoms with Gasteiger partial charge >= 0.3 is 11.7 Å². The first-order valence-corrected chi connectivity index (χ1v) is 16.5. The minimum absolute atomic E-state index is 0.0417. The van der Waals surface area contributed by atoms with E-state index in [2.05, 4.69) is 9.97 Å². The van der Waals surface area contributed by atoms with Gasteiger partial charge in [0.1, 0.15) is 11.5 Å². The van der Waals surface area contributed by atoms with Crippen LogP contribution in [0.1, 0.15) is 69.8 Å². The molecule has 2 fully saturated rings. The molecule has 2 aliphatic carbocycles. The fourth-order valence-electron chi connectivity index (χ4n) is 6.26. The number of aromatic nitrogens is 4. The first-order valence-electron chi connectivity index (χ1n) is 16.5. The molecule has 0 radical (unpaired) electrons. The van der Waals surface area contributed by atoms with Gasteiger partial charge in [-0.2, -0.15) is 0 Å². The van der Waals surface area contributed by atoms with Crippen molar-refractivity contribution < 1.29 is 29.6 Å². The van der Waals surface area contributed by atoms with Gasteiger partial charge in [-0.25, -0.2) is 14.6 Å². The summed E-state index contributed by atoms with van der Waals surface area (Å²) >= 11 is 0. The van der Waals surface area contributed by atoms with Crippen LogP contribution >= 0.6 is 0 Å². The number of hydrogen-bond donors (Lipinski definition) is 4. The van der Waals surface area contributed by atoms with E-state index < -0.39 is 5.97 Å². The second-order valence-corrected chi connectivity index (χ2v) is 12.1. The van der Waals surface area contributed by atoms with Crippen molar-refractivity contribution in [3.05, 3.63) is 56.7 Å². The van der Waals surface area contributed by atoms with Gasteiger partial charge < -0.3 is 29.8 Å². The van der Waals surface area contributed by atoms with Gasteiger partial charge in [0, 0.05) is 24.7 Å². The third-order valence-corrected chi connectivity index (χ3v) is 8.64. The maximum Gasteiger partial charge on any atom is 0.332 e. The van der Waals surface area contributed by atoms with Crippen LogP contribution in [-0.4, -0.2) is 80.0 Å². The molecule has 2 saturated carbocycles. The number of imidazole rings is 1. The van der Waals surface area contributed by atoms with Crippen LogP contribution in [0.5, 0.6) is 0 Å². The van der Waals surface area contributed by atoms with E-state index >= 15 is 0 Å². The van der Waals surface area contributed by atoms with E-state index in [0.717, 1.165) is 55.7 Å². The van der Waals surface area contributed by atoms with Crippen LogP contribution in [0.25, 0.3) is 28.6 Å². The third kappa shape index (κ3) is 10.2. The summed E-state index contributed by atoms with van der Waals surface area (Å²) in [6.45, 7) is 2.79. The number of carbonyl (C=O) groups is 1. The topological polar surface area (TPSA) is 169 Å². The number of nitrogens with zero attached hydrogens (tertiary/aromatic N) is 3. The zero-order valence-corrected chi connectivity index (χ0v) is 26.6. The molecular weight excluding hydrogens is 592 g/mol. The summed E-state index contributed by atoms with van der Waals surface area (Å²) in [6, 6.07) is 7.28. The largest absolute Gasteiger partial charge is 0.478 e. The van der Waals surface area contributed by atoms with E-state index in [1.807, 2.05) is 12.1 Å². The van der Waals surface area contributed by atoms with Crippen LogP contribution in [0.2, 0.25) is 0 Å². The standard InChI is InChI=1S/C28H34N4O4.C6H14O4/c33-23(34)16-13-19-11-14-22(15-12-19)25-29-24-26(30-25)31(17-20-7-3-1-4-8-20)28(36)32(27(24)35)18-21-9-5-2-6-10-21;7-1-3-9-5-6-10-4-2-8/h11-16,20-21H,1-10,17-18H2,(H,29,30)(H,33,34);7-8H,1-6H2/b16-13+;. The number of aromatic amines is 1. The maximum absolute atomic E-state index is 13.7. The first-order chi connectivity index (χ1) is 22.4. The fourth-order valence-corrected chi connectivity index (χ4v) is 6.26. The van der Waals surface area contributed by atoms with E-state index in [0.29, 0.717) is 68.3 Å². The molecule has 0 amide bonds. The van der Waals surface area contributed by atoms with Gasteiger partial charge in [0.25, 0.3) is 5.56 Å². The fraction of sp³-hybridized carbons (Fsp3) is 0.588. The number of benzene rings is 1. The zero-order valence-electron chi connectivity index (χ0n) is 26.6. The van der Waals surface area contributed by atoms with Crippen LogP contribution < -0.4 is 11.2 Å². The number of hydrogen-bond acceptors (Lipinski definition) is 8. The number of rotatable bonds is 14. The number of aliphatic hydroxyl groups is 2. The van der Waals surface area contributed by atoms with Crippen molar-refractivity contribution in [3.8, 4) is 11.4 Å². The Kier molecular flexibility index (Phi) is 14.2. The summed E-state index contributed by atoms with van der Waals surface area (Å²) in [5.41, 5.74) is 1.79. The molecule has 0 atom stereocenters. The molecule has 0 aliphatic heterocycles. The van der Waals surface area contributed by atoms with Gasteiger partial charge in [0.2, 0.25) is 0 Å². The lowest BCUT2D eigenvalue weighted by Crippen LogP contribution is -2.42. The summed E-state index contributed by atoms with van der Waals surface area (Å²) in [7, 11) is 0. The van der Waals surface area contributed by atoms with Crippen molar-refractivity contribution in [1.29, 1.82) is 0 Å². The molecule has 4 N–H and O–H groups in total. The SMILES string of the molecule is O=C(O)/C=C/c1ccc(-c2nc3c(=O)n(CC4CCCCC4)c(=O)n(CC4CCCCC4)c3[nH]2)cc1.OCCOCCOCCO. The van der Waals surface area contributed by atoms with Crippen molar-refractivity contribution in [2.24, 2.45) is 11.8 Å². The van der Waals surface area contributed by atoms with Crippen LogP contribution in [0.3, 0.4) is 0 Å². The van der Waals surface area contributed by atoms with Crippen molar-refractivity contribution in [2.45, 2.75) is 77.3 Å². The smallest absolute Gasteiger partial charge is 0.332 e. The number of carboxylic acid groups (broad SMARTS) is 1. The average Bonchev–Trinajstić information content (AvgIpc) is 3.53. The highest BCUT2D eigenvalue weighted by molar-refractivity contribution is 5.85. The Morgan fingerprint density at radius 2 is 1.37 bits per heavy atom. The molecule has 5 rings (SSSR count). The number of nitrogens with one attached hydrogen (secondary N) is 1. The quantitative estimate of drug-likeness (QED) is 0.151. The van der Waals surface area contributed by atoms with E-state index in [-0.39, 0.29) is 24.5 Å². The number of fused-ring (bicyclic) bond motifs is 1. The highest BCUT2D eigenvalue weighted by Crippen LogP contribution is 2.27. The number of aliphatic hydroxyl groups excluding tert-OH is 2. The Balaban J connectivity index is 0.000000416. The van der Waals surface area contributed by atoms with Crippen LogP contribution in [-0.2, 0) is 27.4 Å². The third-order valence-electron chi connectivity index (χ3n) is 8.64. The minimum Gasteiger partial charge on any atom is -0.478 e. The van der Waals surface area contributed by atoms with E-state index in [9.17, 15) is 14.4 Å². The second-order valence-electron chi connectivity index (χ2n) is 12.1. The molecule has 0 unspecified atom stereocenters. The number of ether oxygens (including phenoxy) is 2. The van der Waals surface area contributed by atoms with Gasteiger partial charge in [0.15, 0.2) is 5.52 Å². The summed E-state index contributed by atoms with van der Waals surface area (Å²) in [5.74, 6) is 0.307. The summed E-state index contributed by atoms with van der Waals surface area (Å²) < 4.78 is 12.9. The van der Waals surface area contributed by atoms with E-state index in [1.165, 1.54) is 36.3 Å². The van der Waals surface area contributed by atoms with Crippen molar-refractivity contribution in [3.63, 3.8) is 0 Å². The maximum atomic E-state index is 13.7. The van der Waals surface area contributed by atoms with Crippen LogP contribution in [0, 0.1) is 11.8 Å². The zero-order chi connectivity index (χ0) is 32.7. The Hall–Kier alpha value is -3.58. The predicted molar refractivity (Wildman–Crippen MR) is 176 cm³/mol. The van der Waals surface area contributed by atoms with Gasteiger partial charge in [-0.1, -0.05) is 62.8 Å². The molecule has 46 heavy (non-hydrogen) atoms. The molecule has 12 nitrogen and oxygen atoms in total. The lowest BCUT2D eigenvalue weighted by atomic mass is 9.89. The summed E-state index contributed by atoms with van der Waals surface area (Å²) in [4.78, 5) is 45.9. The number of aliphatic carboxylic acids is 1. The molecule has 0 saturated heterocycles. The molecule has 1 aromatic carbocycles. The average molecular weight is 641 g/mol. The van der Waals surface area contributed by atoms with Gasteiger partial charge in [-0.3, -0.25) is 13.9 Å². The predicted octanol–water partition coefficient (Wildman–Crippen LogP) is 3.82. The lowest BCUT2D eigenvalue weighted by Gasteiger charge is -2.24. The van der Waals surface area contributed by atoms with Crippen molar-refractivity contribution in [1.82, 2.24) is 19.1 Å². The molecule has 2 aliphatic rings. The molecule has 2 heterocycles. The Labute approximate surface area is 268 Å². The van der Waals surface area contributed by atoms with Crippen LogP contribution in [0.4, 0.5) is 0 Å². The lowest BCUT2D eigenvalue weighted by molar-refractivity contribution is -0.131. The van der Waals surface area contributed by atoms with E-state index in [4.69, 9.17) is 24.8 Å². The highest BCUT2D eigenvalue weighted by Gasteiger charge is 2.24. The molecule has 0 bridgehead atoms.